The third-order valence-electron chi connectivity index (χ3n) is 1.96. The van der Waals surface area contributed by atoms with Crippen molar-refractivity contribution in [1.29, 1.82) is 0 Å². The van der Waals surface area contributed by atoms with Crippen LogP contribution in [0.1, 0.15) is 6.42 Å². The van der Waals surface area contributed by atoms with Crippen LogP contribution in [0.3, 0.4) is 0 Å². The monoisotopic (exact) mass is 176 g/mol. The maximum Gasteiger partial charge on any atom is 0.263 e. The molecule has 0 saturated carbocycles. The number of hydrogen-bond acceptors (Lipinski definition) is 3. The zero-order valence-corrected chi connectivity index (χ0v) is 7.21. The first-order valence-electron chi connectivity index (χ1n) is 3.84. The molecule has 2 unspecified atom stereocenters. The molecule has 12 heavy (non-hydrogen) atoms. The number of nitrogens with zero attached hydrogens (tertiary/aromatic N) is 1. The molecule has 0 bridgehead atoms. The maximum atomic E-state index is 12.6. The van der Waals surface area contributed by atoms with Gasteiger partial charge in [-0.25, -0.2) is 9.45 Å². The van der Waals surface area contributed by atoms with Crippen molar-refractivity contribution in [2.75, 3.05) is 20.7 Å². The van der Waals surface area contributed by atoms with Crippen molar-refractivity contribution in [3.63, 3.8) is 0 Å². The molecule has 4 nitrogen and oxygen atoms in total. The number of hydroxylamine groups is 2. The second-order valence-electron chi connectivity index (χ2n) is 2.81. The summed E-state index contributed by atoms with van der Waals surface area (Å²) >= 11 is 0. The van der Waals surface area contributed by atoms with E-state index in [0.717, 1.165) is 5.06 Å². The smallest absolute Gasteiger partial charge is 0.263 e. The molecule has 5 heteroatoms. The lowest BCUT2D eigenvalue weighted by Gasteiger charge is -2.17. The van der Waals surface area contributed by atoms with Gasteiger partial charge in [-0.3, -0.25) is 9.63 Å². The van der Waals surface area contributed by atoms with Gasteiger partial charge in [0.25, 0.3) is 5.91 Å². The Balaban J connectivity index is 2.43. The predicted molar refractivity (Wildman–Crippen MR) is 41.1 cm³/mol. The fourth-order valence-electron chi connectivity index (χ4n) is 1.19. The molecule has 0 radical (unpaired) electrons. The summed E-state index contributed by atoms with van der Waals surface area (Å²) in [7, 11) is 2.91. The Morgan fingerprint density at radius 2 is 2.42 bits per heavy atom. The number of nitrogens with one attached hydrogen (secondary N) is 1. The summed E-state index contributed by atoms with van der Waals surface area (Å²) < 4.78 is 12.6. The number of rotatable bonds is 2. The summed E-state index contributed by atoms with van der Waals surface area (Å²) in [5, 5.41) is 3.88. The Labute approximate surface area is 70.6 Å². The van der Waals surface area contributed by atoms with Gasteiger partial charge in [-0.05, 0) is 0 Å². The summed E-state index contributed by atoms with van der Waals surface area (Å²) in [5.74, 6) is -0.224. The quantitative estimate of drug-likeness (QED) is 0.588. The fraction of sp³-hybridized carbons (Fsp3) is 0.857. The van der Waals surface area contributed by atoms with Crippen molar-refractivity contribution >= 4 is 5.91 Å². The molecule has 0 aromatic heterocycles. The van der Waals surface area contributed by atoms with Crippen LogP contribution in [0.25, 0.3) is 0 Å². The Morgan fingerprint density at radius 1 is 1.75 bits per heavy atom. The molecule has 2 atom stereocenters. The Kier molecular flexibility index (Phi) is 2.99. The van der Waals surface area contributed by atoms with Crippen LogP contribution in [0.2, 0.25) is 0 Å². The number of amides is 1. The highest BCUT2D eigenvalue weighted by Gasteiger charge is 2.31. The van der Waals surface area contributed by atoms with Crippen LogP contribution in [0, 0.1) is 0 Å². The first-order valence-corrected chi connectivity index (χ1v) is 3.84. The first-order chi connectivity index (χ1) is 5.65. The second-order valence-corrected chi connectivity index (χ2v) is 2.81. The molecular formula is C7H13FN2O2. The van der Waals surface area contributed by atoms with Gasteiger partial charge in [-0.1, -0.05) is 0 Å². The van der Waals surface area contributed by atoms with E-state index in [-0.39, 0.29) is 18.9 Å². The molecule has 0 spiro atoms. The van der Waals surface area contributed by atoms with Crippen LogP contribution in [0.4, 0.5) is 4.39 Å². The number of hydrogen-bond donors (Lipinski definition) is 1. The van der Waals surface area contributed by atoms with Crippen LogP contribution in [0.15, 0.2) is 0 Å². The van der Waals surface area contributed by atoms with E-state index in [4.69, 9.17) is 0 Å². The minimum Gasteiger partial charge on any atom is -0.303 e. The van der Waals surface area contributed by atoms with Gasteiger partial charge in [0.15, 0.2) is 0 Å². The van der Waals surface area contributed by atoms with Gasteiger partial charge in [-0.2, -0.15) is 0 Å². The average molecular weight is 176 g/mol. The minimum absolute atomic E-state index is 0.224. The van der Waals surface area contributed by atoms with E-state index in [2.05, 4.69) is 10.2 Å². The largest absolute Gasteiger partial charge is 0.303 e. The lowest BCUT2D eigenvalue weighted by Crippen LogP contribution is -2.40. The number of carbonyl (C=O) groups is 1. The van der Waals surface area contributed by atoms with E-state index in [1.54, 1.807) is 0 Å². The number of halogens is 1. The second kappa shape index (κ2) is 3.82. The molecular weight excluding hydrogens is 163 g/mol. The first kappa shape index (κ1) is 9.41. The van der Waals surface area contributed by atoms with Crippen molar-refractivity contribution in [2.45, 2.75) is 18.6 Å². The van der Waals surface area contributed by atoms with Crippen molar-refractivity contribution in [3.8, 4) is 0 Å². The van der Waals surface area contributed by atoms with Gasteiger partial charge < -0.3 is 5.32 Å². The zero-order valence-electron chi connectivity index (χ0n) is 7.21. The van der Waals surface area contributed by atoms with Crippen LogP contribution < -0.4 is 5.32 Å². The van der Waals surface area contributed by atoms with E-state index in [1.165, 1.54) is 14.2 Å². The number of alkyl halides is 1. The average Bonchev–Trinajstić information content (AvgIpc) is 2.49. The lowest BCUT2D eigenvalue weighted by molar-refractivity contribution is -0.170. The van der Waals surface area contributed by atoms with E-state index in [0.29, 0.717) is 0 Å². The molecule has 1 rings (SSSR count). The maximum absolute atomic E-state index is 12.6. The molecule has 0 aliphatic carbocycles. The summed E-state index contributed by atoms with van der Waals surface area (Å²) in [6.07, 6.45) is -0.670. The summed E-state index contributed by atoms with van der Waals surface area (Å²) in [6.45, 7) is 0.258. The lowest BCUT2D eigenvalue weighted by atomic mass is 10.2. The minimum atomic E-state index is -0.913. The van der Waals surface area contributed by atoms with Crippen LogP contribution in [-0.2, 0) is 9.63 Å². The summed E-state index contributed by atoms with van der Waals surface area (Å²) in [5.41, 5.74) is 0. The van der Waals surface area contributed by atoms with Crippen LogP contribution in [-0.4, -0.2) is 43.9 Å². The van der Waals surface area contributed by atoms with Gasteiger partial charge in [0.2, 0.25) is 0 Å². The third-order valence-corrected chi connectivity index (χ3v) is 1.96. The van der Waals surface area contributed by atoms with Crippen molar-refractivity contribution < 1.29 is 14.0 Å². The molecule has 1 aliphatic heterocycles. The topological polar surface area (TPSA) is 41.6 Å². The Morgan fingerprint density at radius 3 is 2.83 bits per heavy atom. The molecule has 1 N–H and O–H groups in total. The van der Waals surface area contributed by atoms with Gasteiger partial charge in [-0.15, -0.1) is 0 Å². The van der Waals surface area contributed by atoms with E-state index in [9.17, 15) is 9.18 Å². The molecule has 1 heterocycles. The summed E-state index contributed by atoms with van der Waals surface area (Å²) in [4.78, 5) is 16.0. The highest BCUT2D eigenvalue weighted by atomic mass is 19.1. The molecule has 1 amide bonds. The standard InChI is InChI=1S/C7H13FN2O2/c1-10(12-2)7(11)6-3-5(8)4-9-6/h5-6,9H,3-4H2,1-2H3. The Bertz CT molecular complexity index is 177. The van der Waals surface area contributed by atoms with E-state index in [1.807, 2.05) is 0 Å². The molecule has 1 aliphatic rings. The normalized spacial score (nSPS) is 28.9. The SMILES string of the molecule is CON(C)C(=O)C1CC(F)CN1. The highest BCUT2D eigenvalue weighted by Crippen LogP contribution is 2.11. The van der Waals surface area contributed by atoms with Crippen molar-refractivity contribution in [1.82, 2.24) is 10.4 Å². The van der Waals surface area contributed by atoms with Crippen molar-refractivity contribution in [3.05, 3.63) is 0 Å². The van der Waals surface area contributed by atoms with Gasteiger partial charge in [0, 0.05) is 20.0 Å². The van der Waals surface area contributed by atoms with Gasteiger partial charge in [0.1, 0.15) is 6.17 Å². The fourth-order valence-corrected chi connectivity index (χ4v) is 1.19. The molecule has 70 valence electrons. The number of carbonyl (C=O) groups excluding carboxylic acids is 1. The third kappa shape index (κ3) is 1.92. The van der Waals surface area contributed by atoms with E-state index >= 15 is 0 Å². The number of likely N-dealkylation sites (N-methyl/N-ethyl adjacent to an activating group) is 1. The molecule has 0 aromatic carbocycles. The molecule has 1 fully saturated rings. The highest BCUT2D eigenvalue weighted by molar-refractivity contribution is 5.81. The van der Waals surface area contributed by atoms with Crippen LogP contribution >= 0.6 is 0 Å². The van der Waals surface area contributed by atoms with Crippen molar-refractivity contribution in [2.24, 2.45) is 0 Å². The van der Waals surface area contributed by atoms with E-state index < -0.39 is 12.2 Å². The Hall–Kier alpha value is -0.680. The summed E-state index contributed by atoms with van der Waals surface area (Å²) in [6, 6.07) is -0.426. The molecule has 1 saturated heterocycles. The predicted octanol–water partition coefficient (Wildman–Crippen LogP) is -0.294. The van der Waals surface area contributed by atoms with Gasteiger partial charge >= 0.3 is 0 Å². The van der Waals surface area contributed by atoms with Gasteiger partial charge in [0.05, 0.1) is 13.2 Å². The molecule has 0 aromatic rings. The van der Waals surface area contributed by atoms with Crippen LogP contribution in [0.5, 0.6) is 0 Å². The zero-order chi connectivity index (χ0) is 9.14.